The topological polar surface area (TPSA) is 201 Å². The zero-order valence-electron chi connectivity index (χ0n) is 32.2. The maximum absolute atomic E-state index is 13.0. The van der Waals surface area contributed by atoms with Crippen LogP contribution in [0.2, 0.25) is 0 Å². The molecule has 0 aliphatic heterocycles. The van der Waals surface area contributed by atoms with Gasteiger partial charge in [-0.1, -0.05) is 26.3 Å². The van der Waals surface area contributed by atoms with Crippen LogP contribution in [0.15, 0.2) is 51.4 Å². The van der Waals surface area contributed by atoms with Crippen molar-refractivity contribution in [2.24, 2.45) is 5.41 Å². The van der Waals surface area contributed by atoms with Crippen LogP contribution in [0.25, 0.3) is 0 Å². The number of ketones is 1. The fourth-order valence-corrected chi connectivity index (χ4v) is 7.44. The lowest BCUT2D eigenvalue weighted by atomic mass is 9.84. The smallest absolute Gasteiger partial charge is 0.311 e. The summed E-state index contributed by atoms with van der Waals surface area (Å²) >= 11 is 5.42. The van der Waals surface area contributed by atoms with Crippen LogP contribution < -0.4 is 0 Å². The van der Waals surface area contributed by atoms with Gasteiger partial charge in [-0.15, -0.1) is 0 Å². The summed E-state index contributed by atoms with van der Waals surface area (Å²) in [7, 11) is 0. The van der Waals surface area contributed by atoms with Crippen molar-refractivity contribution in [3.8, 4) is 0 Å². The molecule has 0 fully saturated rings. The third-order valence-corrected chi connectivity index (χ3v) is 11.0. The van der Waals surface area contributed by atoms with Crippen LogP contribution in [0.4, 0.5) is 0 Å². The molecule has 0 heterocycles. The molecule has 57 heavy (non-hydrogen) atoms. The van der Waals surface area contributed by atoms with Crippen LogP contribution in [-0.2, 0) is 71.5 Å². The standard InChI is InChI=1S/C38H54O15S4/c1-5-47-31(40)11-20-54-19-10-30(39)9-18-38(27-51-35(44)15-24-55-21-12-32(41)48-6-2,28-52-36(45)16-25-56-22-13-33(42)49-7-3)29-53-37(46)17-26-57-23-14-34(43)50-8-4/h5-8H,1-4,9-29H2. The summed E-state index contributed by atoms with van der Waals surface area (Å²) in [5.41, 5.74) is -1.29. The highest BCUT2D eigenvalue weighted by Crippen LogP contribution is 2.28. The lowest BCUT2D eigenvalue weighted by Gasteiger charge is -2.32. The van der Waals surface area contributed by atoms with Crippen molar-refractivity contribution in [1.29, 1.82) is 0 Å². The van der Waals surface area contributed by atoms with Crippen LogP contribution in [0.3, 0.4) is 0 Å². The summed E-state index contributed by atoms with van der Waals surface area (Å²) in [5.74, 6) is -0.589. The van der Waals surface area contributed by atoms with Gasteiger partial charge in [0.25, 0.3) is 0 Å². The molecule has 0 rings (SSSR count). The van der Waals surface area contributed by atoms with E-state index in [-0.39, 0.29) is 89.8 Å². The highest BCUT2D eigenvalue weighted by molar-refractivity contribution is 7.99. The minimum absolute atomic E-state index is 0.0115. The fourth-order valence-electron chi connectivity index (χ4n) is 4.08. The molecule has 0 radical (unpaired) electrons. The molecule has 0 saturated carbocycles. The van der Waals surface area contributed by atoms with Gasteiger partial charge in [-0.05, 0) is 6.42 Å². The van der Waals surface area contributed by atoms with Crippen molar-refractivity contribution in [2.45, 2.75) is 64.2 Å². The van der Waals surface area contributed by atoms with Crippen LogP contribution >= 0.6 is 47.0 Å². The lowest BCUT2D eigenvalue weighted by Crippen LogP contribution is -2.40. The largest absolute Gasteiger partial charge is 0.465 e. The Bertz CT molecular complexity index is 1120. The Morgan fingerprint density at radius 1 is 0.368 bits per heavy atom. The first kappa shape index (κ1) is 53.3. The van der Waals surface area contributed by atoms with Gasteiger partial charge >= 0.3 is 41.8 Å². The second kappa shape index (κ2) is 35.5. The maximum atomic E-state index is 13.0. The summed E-state index contributed by atoms with van der Waals surface area (Å²) in [4.78, 5) is 97.6. The molecular formula is C38H54O15S4. The molecule has 0 saturated heterocycles. The fraction of sp³-hybridized carbons (Fsp3) is 0.579. The van der Waals surface area contributed by atoms with Crippen LogP contribution in [0.5, 0.6) is 0 Å². The number of ether oxygens (including phenoxy) is 7. The highest BCUT2D eigenvalue weighted by Gasteiger charge is 2.36. The Morgan fingerprint density at radius 3 is 0.877 bits per heavy atom. The Kier molecular flexibility index (Phi) is 33.2. The van der Waals surface area contributed by atoms with Crippen LogP contribution in [0, 0.1) is 5.41 Å². The first-order valence-corrected chi connectivity index (χ1v) is 22.5. The average molecular weight is 879 g/mol. The van der Waals surface area contributed by atoms with Gasteiger partial charge in [-0.25, -0.2) is 0 Å². The zero-order chi connectivity index (χ0) is 42.6. The second-order valence-electron chi connectivity index (χ2n) is 11.6. The van der Waals surface area contributed by atoms with E-state index in [2.05, 4.69) is 45.3 Å². The van der Waals surface area contributed by atoms with Gasteiger partial charge in [0.05, 0.1) is 75.4 Å². The molecule has 0 N–H and O–H groups in total. The Morgan fingerprint density at radius 2 is 0.614 bits per heavy atom. The van der Waals surface area contributed by atoms with E-state index in [1.54, 1.807) is 0 Å². The van der Waals surface area contributed by atoms with E-state index in [0.29, 0.717) is 46.0 Å². The second-order valence-corrected chi connectivity index (χ2v) is 16.5. The molecule has 0 amide bonds. The molecule has 0 atom stereocenters. The number of rotatable bonds is 37. The number of carbonyl (C=O) groups is 8. The highest BCUT2D eigenvalue weighted by atomic mass is 32.2. The SMILES string of the molecule is C=COC(=O)CCSCCC(=O)CCC(COC(=O)CCSCCC(=O)OC=C)(COC(=O)CCSCCC(=O)OC=C)COC(=O)CCSCCC(=O)OC=C. The first-order chi connectivity index (χ1) is 27.4. The van der Waals surface area contributed by atoms with E-state index >= 15 is 0 Å². The average Bonchev–Trinajstić information content (AvgIpc) is 3.17. The van der Waals surface area contributed by atoms with E-state index in [4.69, 9.17) is 14.2 Å². The number of carbonyl (C=O) groups excluding carboxylic acids is 8. The molecule has 0 aliphatic rings. The van der Waals surface area contributed by atoms with Gasteiger partial charge in [-0.3, -0.25) is 38.4 Å². The van der Waals surface area contributed by atoms with Gasteiger partial charge in [0.1, 0.15) is 25.6 Å². The molecule has 19 heteroatoms. The van der Waals surface area contributed by atoms with Gasteiger partial charge < -0.3 is 33.2 Å². The minimum Gasteiger partial charge on any atom is -0.465 e. The summed E-state index contributed by atoms with van der Waals surface area (Å²) < 4.78 is 35.6. The van der Waals surface area contributed by atoms with E-state index in [1.165, 1.54) is 47.0 Å². The van der Waals surface area contributed by atoms with E-state index < -0.39 is 47.2 Å². The van der Waals surface area contributed by atoms with E-state index in [9.17, 15) is 38.4 Å². The van der Waals surface area contributed by atoms with Crippen LogP contribution in [0.1, 0.15) is 64.2 Å². The molecule has 15 nitrogen and oxygen atoms in total. The predicted molar refractivity (Wildman–Crippen MR) is 221 cm³/mol. The van der Waals surface area contributed by atoms with Gasteiger partial charge in [-0.2, -0.15) is 47.0 Å². The van der Waals surface area contributed by atoms with Crippen LogP contribution in [-0.4, -0.2) is 113 Å². The number of esters is 7. The van der Waals surface area contributed by atoms with Crippen molar-refractivity contribution in [3.05, 3.63) is 51.4 Å². The normalized spacial score (nSPS) is 10.6. The molecule has 0 aromatic rings. The number of Topliss-reactive ketones (excluding diaryl/α,β-unsaturated/α-hetero) is 1. The van der Waals surface area contributed by atoms with E-state index in [1.807, 2.05) is 0 Å². The third-order valence-electron chi connectivity index (χ3n) is 7.09. The number of hydrogen-bond acceptors (Lipinski definition) is 19. The first-order valence-electron chi connectivity index (χ1n) is 17.9. The predicted octanol–water partition coefficient (Wildman–Crippen LogP) is 5.75. The third kappa shape index (κ3) is 32.0. The summed E-state index contributed by atoms with van der Waals surface area (Å²) in [6.45, 7) is 12.3. The summed E-state index contributed by atoms with van der Waals surface area (Å²) in [6, 6.07) is 0. The molecule has 0 aromatic heterocycles. The Hall–Kier alpha value is -3.68. The molecule has 0 aliphatic carbocycles. The quantitative estimate of drug-likeness (QED) is 0.0316. The summed E-state index contributed by atoms with van der Waals surface area (Å²) in [6.07, 6.45) is 4.86. The molecule has 0 spiro atoms. The molecule has 320 valence electrons. The van der Waals surface area contributed by atoms with E-state index in [0.717, 1.165) is 25.0 Å². The molecule has 0 bridgehead atoms. The maximum Gasteiger partial charge on any atom is 0.311 e. The zero-order valence-corrected chi connectivity index (χ0v) is 35.5. The molecular weight excluding hydrogens is 825 g/mol. The summed E-state index contributed by atoms with van der Waals surface area (Å²) in [5, 5.41) is 0. The van der Waals surface area contributed by atoms with Gasteiger partial charge in [0.15, 0.2) is 0 Å². The lowest BCUT2D eigenvalue weighted by molar-refractivity contribution is -0.162. The van der Waals surface area contributed by atoms with Gasteiger partial charge in [0, 0.05) is 58.9 Å². The molecule has 0 aromatic carbocycles. The number of thioether (sulfide) groups is 4. The van der Waals surface area contributed by atoms with Crippen molar-refractivity contribution in [3.63, 3.8) is 0 Å². The van der Waals surface area contributed by atoms with Crippen molar-refractivity contribution >= 4 is 94.6 Å². The minimum atomic E-state index is -1.29. The Labute approximate surface area is 351 Å². The monoisotopic (exact) mass is 878 g/mol. The molecule has 0 unspecified atom stereocenters. The van der Waals surface area contributed by atoms with Crippen molar-refractivity contribution in [2.75, 3.05) is 65.8 Å². The Balaban J connectivity index is 5.69. The van der Waals surface area contributed by atoms with Gasteiger partial charge in [0.2, 0.25) is 0 Å². The van der Waals surface area contributed by atoms with Crippen molar-refractivity contribution < 1.29 is 71.5 Å². The number of hydrogen-bond donors (Lipinski definition) is 0. The van der Waals surface area contributed by atoms with Crippen molar-refractivity contribution in [1.82, 2.24) is 0 Å².